The molecule has 0 unspecified atom stereocenters. The van der Waals surface area contributed by atoms with Gasteiger partial charge in [-0.1, -0.05) is 12.1 Å². The Hall–Kier alpha value is -1.46. The topological polar surface area (TPSA) is 32.8 Å². The summed E-state index contributed by atoms with van der Waals surface area (Å²) in [5.74, 6) is -0.704. The molecule has 0 fully saturated rings. The first-order valence-electron chi connectivity index (χ1n) is 7.15. The van der Waals surface area contributed by atoms with Gasteiger partial charge in [0.05, 0.1) is 12.2 Å². The van der Waals surface area contributed by atoms with E-state index in [1.165, 1.54) is 6.07 Å². The highest BCUT2D eigenvalue weighted by Crippen LogP contribution is 2.14. The predicted octanol–water partition coefficient (Wildman–Crippen LogP) is 2.17. The largest absolute Gasteiger partial charge is 0.383 e. The average molecular weight is 296 g/mol. The molecule has 1 aromatic carbocycles. The molecule has 0 bridgehead atoms. The van der Waals surface area contributed by atoms with Crippen LogP contribution in [0.3, 0.4) is 0 Å². The average Bonchev–Trinajstić information content (AvgIpc) is 2.44. The van der Waals surface area contributed by atoms with E-state index >= 15 is 0 Å². The Labute approximate surface area is 126 Å². The number of benzene rings is 1. The second-order valence-corrected chi connectivity index (χ2v) is 5.38. The Kier molecular flexibility index (Phi) is 7.32. The van der Waals surface area contributed by atoms with E-state index in [-0.39, 0.29) is 11.5 Å². The van der Waals surface area contributed by atoms with Crippen molar-refractivity contribution in [3.63, 3.8) is 0 Å². The second-order valence-electron chi connectivity index (χ2n) is 5.38. The van der Waals surface area contributed by atoms with Gasteiger partial charge < -0.3 is 14.5 Å². The molecule has 0 aliphatic heterocycles. The molecular weight excluding hydrogens is 271 g/mol. The molecular formula is C16H25FN2O2. The van der Waals surface area contributed by atoms with Crippen LogP contribution in [0.4, 0.5) is 4.39 Å². The van der Waals surface area contributed by atoms with Gasteiger partial charge in [0.1, 0.15) is 5.82 Å². The monoisotopic (exact) mass is 296 g/mol. The summed E-state index contributed by atoms with van der Waals surface area (Å²) >= 11 is 0. The fraction of sp³-hybridized carbons (Fsp3) is 0.562. The third kappa shape index (κ3) is 5.44. The van der Waals surface area contributed by atoms with E-state index in [2.05, 4.69) is 4.90 Å². The molecule has 0 aliphatic rings. The van der Waals surface area contributed by atoms with Crippen molar-refractivity contribution in [1.29, 1.82) is 0 Å². The molecule has 1 rings (SSSR count). The van der Waals surface area contributed by atoms with E-state index in [9.17, 15) is 9.18 Å². The van der Waals surface area contributed by atoms with E-state index in [4.69, 9.17) is 4.74 Å². The van der Waals surface area contributed by atoms with Crippen molar-refractivity contribution in [2.45, 2.75) is 13.3 Å². The maximum atomic E-state index is 14.1. The molecule has 0 saturated heterocycles. The summed E-state index contributed by atoms with van der Waals surface area (Å²) in [6.07, 6.45) is 0.843. The summed E-state index contributed by atoms with van der Waals surface area (Å²) in [5, 5.41) is 0. The van der Waals surface area contributed by atoms with E-state index in [0.29, 0.717) is 25.3 Å². The first-order valence-corrected chi connectivity index (χ1v) is 7.15. The van der Waals surface area contributed by atoms with Crippen LogP contribution in [0.25, 0.3) is 0 Å². The molecule has 118 valence electrons. The number of aryl methyl sites for hydroxylation is 1. The maximum Gasteiger partial charge on any atom is 0.256 e. The van der Waals surface area contributed by atoms with Gasteiger partial charge in [-0.25, -0.2) is 4.39 Å². The van der Waals surface area contributed by atoms with E-state index in [1.807, 2.05) is 14.1 Å². The van der Waals surface area contributed by atoms with Crippen LogP contribution in [0, 0.1) is 12.7 Å². The zero-order chi connectivity index (χ0) is 15.8. The molecule has 1 aromatic rings. The van der Waals surface area contributed by atoms with Crippen molar-refractivity contribution < 1.29 is 13.9 Å². The lowest BCUT2D eigenvalue weighted by molar-refractivity contribution is 0.0684. The molecule has 4 nitrogen and oxygen atoms in total. The first-order chi connectivity index (χ1) is 9.97. The number of carbonyl (C=O) groups is 1. The zero-order valence-corrected chi connectivity index (χ0v) is 13.4. The standard InChI is InChI=1S/C16H25FN2O2/c1-13-7-5-8-14(15(13)17)16(20)19(11-12-21-4)10-6-9-18(2)3/h5,7-8H,6,9-12H2,1-4H3. The van der Waals surface area contributed by atoms with Crippen molar-refractivity contribution in [3.05, 3.63) is 35.1 Å². The molecule has 5 heteroatoms. The minimum absolute atomic E-state index is 0.135. The number of methoxy groups -OCH3 is 1. The highest BCUT2D eigenvalue weighted by Gasteiger charge is 2.19. The number of amides is 1. The fourth-order valence-corrected chi connectivity index (χ4v) is 2.08. The molecule has 0 N–H and O–H groups in total. The molecule has 0 heterocycles. The highest BCUT2D eigenvalue weighted by atomic mass is 19.1. The highest BCUT2D eigenvalue weighted by molar-refractivity contribution is 5.94. The van der Waals surface area contributed by atoms with E-state index < -0.39 is 5.82 Å². The van der Waals surface area contributed by atoms with Gasteiger partial charge in [0.15, 0.2) is 0 Å². The van der Waals surface area contributed by atoms with Crippen LogP contribution in [0.15, 0.2) is 18.2 Å². The van der Waals surface area contributed by atoms with Crippen molar-refractivity contribution >= 4 is 5.91 Å². The van der Waals surface area contributed by atoms with Gasteiger partial charge in [-0.3, -0.25) is 4.79 Å². The minimum Gasteiger partial charge on any atom is -0.383 e. The third-order valence-corrected chi connectivity index (χ3v) is 3.31. The lowest BCUT2D eigenvalue weighted by Gasteiger charge is -2.23. The minimum atomic E-state index is -0.433. The van der Waals surface area contributed by atoms with Crippen molar-refractivity contribution in [1.82, 2.24) is 9.80 Å². The Morgan fingerprint density at radius 1 is 1.24 bits per heavy atom. The molecule has 0 aromatic heterocycles. The summed E-state index contributed by atoms with van der Waals surface area (Å²) in [5.41, 5.74) is 0.622. The van der Waals surface area contributed by atoms with Gasteiger partial charge in [-0.05, 0) is 45.6 Å². The summed E-state index contributed by atoms with van der Waals surface area (Å²) in [6, 6.07) is 4.91. The van der Waals surface area contributed by atoms with Gasteiger partial charge in [0.2, 0.25) is 0 Å². The van der Waals surface area contributed by atoms with Crippen molar-refractivity contribution in [2.24, 2.45) is 0 Å². The normalized spacial score (nSPS) is 11.0. The lowest BCUT2D eigenvalue weighted by atomic mass is 10.1. The molecule has 1 amide bonds. The second kappa shape index (κ2) is 8.74. The summed E-state index contributed by atoms with van der Waals surface area (Å²) in [4.78, 5) is 16.2. The molecule has 0 aliphatic carbocycles. The van der Waals surface area contributed by atoms with Crippen LogP contribution in [0.2, 0.25) is 0 Å². The zero-order valence-electron chi connectivity index (χ0n) is 13.4. The number of rotatable bonds is 8. The SMILES string of the molecule is COCCN(CCCN(C)C)C(=O)c1cccc(C)c1F. The summed E-state index contributed by atoms with van der Waals surface area (Å²) in [6.45, 7) is 4.05. The fourth-order valence-electron chi connectivity index (χ4n) is 2.08. The van der Waals surface area contributed by atoms with Crippen molar-refractivity contribution in [2.75, 3.05) is 47.4 Å². The number of hydrogen-bond acceptors (Lipinski definition) is 3. The molecule has 0 radical (unpaired) electrons. The molecule has 21 heavy (non-hydrogen) atoms. The lowest BCUT2D eigenvalue weighted by Crippen LogP contribution is -2.36. The number of halogens is 1. The van der Waals surface area contributed by atoms with Crippen LogP contribution < -0.4 is 0 Å². The predicted molar refractivity (Wildman–Crippen MR) is 82.1 cm³/mol. The van der Waals surface area contributed by atoms with E-state index in [0.717, 1.165) is 13.0 Å². The van der Waals surface area contributed by atoms with Gasteiger partial charge >= 0.3 is 0 Å². The number of ether oxygens (including phenoxy) is 1. The van der Waals surface area contributed by atoms with Crippen LogP contribution in [0.1, 0.15) is 22.3 Å². The van der Waals surface area contributed by atoms with Crippen LogP contribution >= 0.6 is 0 Å². The Morgan fingerprint density at radius 2 is 1.95 bits per heavy atom. The third-order valence-electron chi connectivity index (χ3n) is 3.31. The van der Waals surface area contributed by atoms with Gasteiger partial charge in [-0.15, -0.1) is 0 Å². The van der Waals surface area contributed by atoms with Gasteiger partial charge in [0.25, 0.3) is 5.91 Å². The molecule has 0 atom stereocenters. The summed E-state index contributed by atoms with van der Waals surface area (Å²) in [7, 11) is 5.57. The molecule has 0 spiro atoms. The molecule has 0 saturated carbocycles. The number of carbonyl (C=O) groups excluding carboxylic acids is 1. The van der Waals surface area contributed by atoms with Crippen molar-refractivity contribution in [3.8, 4) is 0 Å². The van der Waals surface area contributed by atoms with Crippen LogP contribution in [-0.4, -0.2) is 63.2 Å². The van der Waals surface area contributed by atoms with Crippen LogP contribution in [-0.2, 0) is 4.74 Å². The van der Waals surface area contributed by atoms with E-state index in [1.54, 1.807) is 31.1 Å². The number of hydrogen-bond donors (Lipinski definition) is 0. The van der Waals surface area contributed by atoms with Gasteiger partial charge in [-0.2, -0.15) is 0 Å². The Bertz CT molecular complexity index is 464. The first kappa shape index (κ1) is 17.6. The van der Waals surface area contributed by atoms with Gasteiger partial charge in [0, 0.05) is 20.2 Å². The summed E-state index contributed by atoms with van der Waals surface area (Å²) < 4.78 is 19.1. The smallest absolute Gasteiger partial charge is 0.256 e. The Balaban J connectivity index is 2.80. The number of nitrogens with zero attached hydrogens (tertiary/aromatic N) is 2. The quantitative estimate of drug-likeness (QED) is 0.737. The van der Waals surface area contributed by atoms with Crippen LogP contribution in [0.5, 0.6) is 0 Å². The maximum absolute atomic E-state index is 14.1. The Morgan fingerprint density at radius 3 is 2.57 bits per heavy atom.